The van der Waals surface area contributed by atoms with E-state index in [9.17, 15) is 5.11 Å². The molecule has 1 N–H and O–H groups in total. The second kappa shape index (κ2) is 6.29. The first-order chi connectivity index (χ1) is 11.0. The molecule has 3 aromatic rings. The fourth-order valence-corrected chi connectivity index (χ4v) is 2.77. The molecule has 0 saturated heterocycles. The van der Waals surface area contributed by atoms with Crippen LogP contribution in [-0.2, 0) is 6.42 Å². The van der Waals surface area contributed by atoms with Gasteiger partial charge in [0.25, 0.3) is 0 Å². The largest absolute Gasteiger partial charge is 0.493 e. The lowest BCUT2D eigenvalue weighted by Crippen LogP contribution is -2.00. The van der Waals surface area contributed by atoms with Crippen LogP contribution in [0.5, 0.6) is 5.88 Å². The van der Waals surface area contributed by atoms with Crippen LogP contribution in [0.4, 0.5) is 0 Å². The van der Waals surface area contributed by atoms with Crippen LogP contribution < -0.4 is 0 Å². The van der Waals surface area contributed by atoms with Gasteiger partial charge in [0.15, 0.2) is 5.82 Å². The van der Waals surface area contributed by atoms with Crippen molar-refractivity contribution in [3.8, 4) is 17.8 Å². The number of rotatable bonds is 3. The number of hydrogen-bond acceptors (Lipinski definition) is 4. The van der Waals surface area contributed by atoms with Crippen molar-refractivity contribution in [2.45, 2.75) is 6.42 Å². The van der Waals surface area contributed by atoms with Gasteiger partial charge in [-0.3, -0.25) is 0 Å². The maximum Gasteiger partial charge on any atom is 0.215 e. The van der Waals surface area contributed by atoms with E-state index >= 15 is 0 Å². The van der Waals surface area contributed by atoms with E-state index in [1.54, 1.807) is 30.3 Å². The molecule has 0 atom stereocenters. The normalized spacial score (nSPS) is 10.5. The predicted octanol–water partition coefficient (Wildman–Crippen LogP) is 3.74. The van der Waals surface area contributed by atoms with Gasteiger partial charge in [0.2, 0.25) is 5.88 Å². The lowest BCUT2D eigenvalue weighted by molar-refractivity contribution is 0.432. The summed E-state index contributed by atoms with van der Waals surface area (Å²) in [5.41, 5.74) is 1.95. The molecule has 0 unspecified atom stereocenters. The number of hydrogen-bond donors (Lipinski definition) is 1. The van der Waals surface area contributed by atoms with E-state index in [2.05, 4.69) is 10.1 Å². The number of benzene rings is 1. The Morgan fingerprint density at radius 3 is 2.57 bits per heavy atom. The Morgan fingerprint density at radius 1 is 1.13 bits per heavy atom. The van der Waals surface area contributed by atoms with E-state index in [0.29, 0.717) is 33.5 Å². The summed E-state index contributed by atoms with van der Waals surface area (Å²) in [4.78, 5) is 4.11. The zero-order valence-electron chi connectivity index (χ0n) is 11.7. The van der Waals surface area contributed by atoms with Crippen LogP contribution in [0.3, 0.4) is 0 Å². The quantitative estimate of drug-likeness (QED) is 0.785. The summed E-state index contributed by atoms with van der Waals surface area (Å²) in [5.74, 6) is 0.313. The molecule has 2 heterocycles. The molecular formula is C16H10Cl2N4O. The molecule has 0 aliphatic heterocycles. The number of pyridine rings is 1. The lowest BCUT2D eigenvalue weighted by Gasteiger charge is -2.02. The maximum atomic E-state index is 10.1. The van der Waals surface area contributed by atoms with Crippen LogP contribution in [0.1, 0.15) is 16.8 Å². The van der Waals surface area contributed by atoms with E-state index in [-0.39, 0.29) is 5.88 Å². The molecule has 0 aliphatic carbocycles. The first-order valence-electron chi connectivity index (χ1n) is 6.64. The van der Waals surface area contributed by atoms with Crippen molar-refractivity contribution in [3.63, 3.8) is 0 Å². The molecule has 0 radical (unpaired) electrons. The third-order valence-corrected chi connectivity index (χ3v) is 3.58. The standard InChI is InChI=1S/C16H10Cl2N4O/c17-12-3-11(4-13(18)7-12)5-14-8-16(23)22(21-14)15-6-10(9-19)1-2-20-15/h1-4,6-8,23H,5H2. The van der Waals surface area contributed by atoms with Crippen molar-refractivity contribution in [1.82, 2.24) is 14.8 Å². The Kier molecular flexibility index (Phi) is 4.20. The third kappa shape index (κ3) is 3.45. The predicted molar refractivity (Wildman–Crippen MR) is 87.0 cm³/mol. The van der Waals surface area contributed by atoms with Crippen molar-refractivity contribution in [2.75, 3.05) is 0 Å². The van der Waals surface area contributed by atoms with Gasteiger partial charge in [-0.05, 0) is 29.8 Å². The van der Waals surface area contributed by atoms with Crippen molar-refractivity contribution in [3.05, 3.63) is 69.5 Å². The average Bonchev–Trinajstić information content (AvgIpc) is 2.86. The first-order valence-corrected chi connectivity index (χ1v) is 7.40. The first kappa shape index (κ1) is 15.3. The highest BCUT2D eigenvalue weighted by molar-refractivity contribution is 6.34. The molecule has 2 aromatic heterocycles. The maximum absolute atomic E-state index is 10.1. The SMILES string of the molecule is N#Cc1ccnc(-n2nc(Cc3cc(Cl)cc(Cl)c3)cc2O)c1. The molecule has 0 spiro atoms. The number of aromatic nitrogens is 3. The molecule has 0 aliphatic rings. The summed E-state index contributed by atoms with van der Waals surface area (Å²) >= 11 is 12.0. The summed E-state index contributed by atoms with van der Waals surface area (Å²) in [7, 11) is 0. The van der Waals surface area contributed by atoms with Crippen molar-refractivity contribution in [1.29, 1.82) is 5.26 Å². The van der Waals surface area contributed by atoms with E-state index in [1.807, 2.05) is 6.07 Å². The van der Waals surface area contributed by atoms with Gasteiger partial charge in [0.1, 0.15) is 0 Å². The molecule has 5 nitrogen and oxygen atoms in total. The molecule has 0 saturated carbocycles. The van der Waals surface area contributed by atoms with Gasteiger partial charge in [0, 0.05) is 34.8 Å². The van der Waals surface area contributed by atoms with Crippen molar-refractivity contribution < 1.29 is 5.11 Å². The number of nitriles is 1. The Hall–Kier alpha value is -2.55. The summed E-state index contributed by atoms with van der Waals surface area (Å²) in [6, 6.07) is 11.9. The highest BCUT2D eigenvalue weighted by Gasteiger charge is 2.11. The number of aromatic hydroxyl groups is 1. The van der Waals surface area contributed by atoms with Crippen molar-refractivity contribution in [2.24, 2.45) is 0 Å². The number of nitrogens with zero attached hydrogens (tertiary/aromatic N) is 4. The Morgan fingerprint density at radius 2 is 1.87 bits per heavy atom. The lowest BCUT2D eigenvalue weighted by atomic mass is 10.1. The summed E-state index contributed by atoms with van der Waals surface area (Å²) < 4.78 is 1.28. The van der Waals surface area contributed by atoms with Gasteiger partial charge < -0.3 is 5.11 Å². The third-order valence-electron chi connectivity index (χ3n) is 3.14. The molecule has 0 amide bonds. The minimum absolute atomic E-state index is 0.0595. The average molecular weight is 345 g/mol. The molecule has 0 fully saturated rings. The fourth-order valence-electron chi connectivity index (χ4n) is 2.20. The molecule has 23 heavy (non-hydrogen) atoms. The van der Waals surface area contributed by atoms with Gasteiger partial charge >= 0.3 is 0 Å². The van der Waals surface area contributed by atoms with Crippen LogP contribution in [0, 0.1) is 11.3 Å². The van der Waals surface area contributed by atoms with E-state index in [1.165, 1.54) is 16.9 Å². The van der Waals surface area contributed by atoms with Gasteiger partial charge in [-0.15, -0.1) is 0 Å². The summed E-state index contributed by atoms with van der Waals surface area (Å²) in [6.07, 6.45) is 1.95. The summed E-state index contributed by atoms with van der Waals surface area (Å²) in [6.45, 7) is 0. The highest BCUT2D eigenvalue weighted by atomic mass is 35.5. The highest BCUT2D eigenvalue weighted by Crippen LogP contribution is 2.23. The van der Waals surface area contributed by atoms with Crippen LogP contribution >= 0.6 is 23.2 Å². The fraction of sp³-hybridized carbons (Fsp3) is 0.0625. The molecule has 0 bridgehead atoms. The van der Waals surface area contributed by atoms with E-state index < -0.39 is 0 Å². The van der Waals surface area contributed by atoms with Gasteiger partial charge in [-0.25, -0.2) is 4.98 Å². The molecule has 3 rings (SSSR count). The Labute approximate surface area is 142 Å². The monoisotopic (exact) mass is 344 g/mol. The topological polar surface area (TPSA) is 74.7 Å². The van der Waals surface area contributed by atoms with Gasteiger partial charge in [0.05, 0.1) is 17.3 Å². The Balaban J connectivity index is 1.93. The summed E-state index contributed by atoms with van der Waals surface area (Å²) in [5, 5.41) is 24.4. The molecule has 114 valence electrons. The van der Waals surface area contributed by atoms with E-state index in [4.69, 9.17) is 28.5 Å². The van der Waals surface area contributed by atoms with Gasteiger partial charge in [-0.2, -0.15) is 15.0 Å². The molecule has 7 heteroatoms. The van der Waals surface area contributed by atoms with Crippen LogP contribution in [0.2, 0.25) is 10.0 Å². The van der Waals surface area contributed by atoms with Crippen molar-refractivity contribution >= 4 is 23.2 Å². The number of halogens is 2. The second-order valence-electron chi connectivity index (χ2n) is 4.87. The van der Waals surface area contributed by atoms with E-state index in [0.717, 1.165) is 5.56 Å². The minimum Gasteiger partial charge on any atom is -0.493 e. The molecular weight excluding hydrogens is 335 g/mol. The zero-order valence-corrected chi connectivity index (χ0v) is 13.3. The van der Waals surface area contributed by atoms with Crippen LogP contribution in [-0.4, -0.2) is 19.9 Å². The van der Waals surface area contributed by atoms with Crippen LogP contribution in [0.15, 0.2) is 42.6 Å². The van der Waals surface area contributed by atoms with Gasteiger partial charge in [-0.1, -0.05) is 23.2 Å². The minimum atomic E-state index is -0.0595. The van der Waals surface area contributed by atoms with Crippen LogP contribution in [0.25, 0.3) is 5.82 Å². The zero-order chi connectivity index (χ0) is 16.4. The Bertz CT molecular complexity index is 894. The second-order valence-corrected chi connectivity index (χ2v) is 5.75. The smallest absolute Gasteiger partial charge is 0.215 e. The molecule has 1 aromatic carbocycles.